The lowest BCUT2D eigenvalue weighted by atomic mass is 10.1. The Morgan fingerprint density at radius 1 is 1.29 bits per heavy atom. The molecule has 1 atom stereocenters. The van der Waals surface area contributed by atoms with E-state index in [0.717, 1.165) is 24.3 Å². The predicted molar refractivity (Wildman–Crippen MR) is 84.5 cm³/mol. The topological polar surface area (TPSA) is 60.0 Å². The fraction of sp³-hybridized carbons (Fsp3) is 0.353. The van der Waals surface area contributed by atoms with Gasteiger partial charge in [0.25, 0.3) is 0 Å². The van der Waals surface area contributed by atoms with Crippen molar-refractivity contribution in [3.63, 3.8) is 0 Å². The Balaban J connectivity index is 1.61. The lowest BCUT2D eigenvalue weighted by molar-refractivity contribution is 0.226. The van der Waals surface area contributed by atoms with Crippen LogP contribution in [0.2, 0.25) is 0 Å². The minimum absolute atomic E-state index is 0.0564. The SMILES string of the molecule is Cc1noc(C2CN(Cc3cccc(F)c3)Cc3ccnn3C2)n1. The number of rotatable bonds is 3. The zero-order chi connectivity index (χ0) is 16.5. The lowest BCUT2D eigenvalue weighted by Crippen LogP contribution is -2.27. The van der Waals surface area contributed by atoms with Gasteiger partial charge in [0.1, 0.15) is 5.82 Å². The number of aryl methyl sites for hydroxylation is 1. The fourth-order valence-electron chi connectivity index (χ4n) is 3.18. The van der Waals surface area contributed by atoms with Crippen LogP contribution in [0.5, 0.6) is 0 Å². The molecule has 4 rings (SSSR count). The molecule has 2 aromatic heterocycles. The van der Waals surface area contributed by atoms with Crippen LogP contribution in [-0.4, -0.2) is 31.4 Å². The van der Waals surface area contributed by atoms with Crippen LogP contribution in [0.1, 0.15) is 28.9 Å². The predicted octanol–water partition coefficient (Wildman–Crippen LogP) is 2.51. The fourth-order valence-corrected chi connectivity index (χ4v) is 3.18. The molecule has 0 amide bonds. The average molecular weight is 327 g/mol. The quantitative estimate of drug-likeness (QED) is 0.740. The maximum atomic E-state index is 13.5. The van der Waals surface area contributed by atoms with Crippen molar-refractivity contribution in [2.24, 2.45) is 0 Å². The Kier molecular flexibility index (Phi) is 3.86. The summed E-state index contributed by atoms with van der Waals surface area (Å²) >= 11 is 0. The molecule has 3 heterocycles. The summed E-state index contributed by atoms with van der Waals surface area (Å²) in [5, 5.41) is 8.30. The molecule has 1 aliphatic rings. The van der Waals surface area contributed by atoms with Gasteiger partial charge >= 0.3 is 0 Å². The monoisotopic (exact) mass is 327 g/mol. The molecule has 0 N–H and O–H groups in total. The third kappa shape index (κ3) is 3.07. The van der Waals surface area contributed by atoms with E-state index in [1.54, 1.807) is 18.3 Å². The Labute approximate surface area is 138 Å². The minimum atomic E-state index is -0.212. The minimum Gasteiger partial charge on any atom is -0.339 e. The molecule has 3 aromatic rings. The number of hydrogen-bond donors (Lipinski definition) is 0. The first-order valence-electron chi connectivity index (χ1n) is 7.95. The number of halogens is 1. The molecule has 0 bridgehead atoms. The highest BCUT2D eigenvalue weighted by atomic mass is 19.1. The second-order valence-corrected chi connectivity index (χ2v) is 6.18. The molecule has 0 saturated carbocycles. The van der Waals surface area contributed by atoms with Crippen molar-refractivity contribution in [1.82, 2.24) is 24.8 Å². The van der Waals surface area contributed by atoms with Crippen LogP contribution in [0, 0.1) is 12.7 Å². The van der Waals surface area contributed by atoms with Crippen molar-refractivity contribution < 1.29 is 8.91 Å². The van der Waals surface area contributed by atoms with E-state index >= 15 is 0 Å². The molecule has 0 saturated heterocycles. The molecule has 0 radical (unpaired) electrons. The third-order valence-corrected chi connectivity index (χ3v) is 4.25. The maximum Gasteiger partial charge on any atom is 0.232 e. The van der Waals surface area contributed by atoms with E-state index in [-0.39, 0.29) is 11.7 Å². The van der Waals surface area contributed by atoms with Gasteiger partial charge in [-0.1, -0.05) is 17.3 Å². The molecule has 7 heteroatoms. The van der Waals surface area contributed by atoms with Crippen LogP contribution in [0.4, 0.5) is 4.39 Å². The summed E-state index contributed by atoms with van der Waals surface area (Å²) in [6.45, 7) is 4.67. The van der Waals surface area contributed by atoms with Gasteiger partial charge < -0.3 is 4.52 Å². The van der Waals surface area contributed by atoms with E-state index < -0.39 is 0 Å². The van der Waals surface area contributed by atoms with Crippen LogP contribution in [-0.2, 0) is 19.6 Å². The van der Waals surface area contributed by atoms with Gasteiger partial charge in [0.2, 0.25) is 5.89 Å². The van der Waals surface area contributed by atoms with Gasteiger partial charge in [-0.3, -0.25) is 9.58 Å². The highest BCUT2D eigenvalue weighted by Crippen LogP contribution is 2.24. The average Bonchev–Trinajstić information content (AvgIpc) is 3.13. The van der Waals surface area contributed by atoms with Crippen LogP contribution < -0.4 is 0 Å². The number of hydrogen-bond acceptors (Lipinski definition) is 5. The van der Waals surface area contributed by atoms with Gasteiger partial charge in [0, 0.05) is 25.8 Å². The van der Waals surface area contributed by atoms with E-state index in [9.17, 15) is 4.39 Å². The summed E-state index contributed by atoms with van der Waals surface area (Å²) in [6, 6.07) is 8.74. The first-order valence-corrected chi connectivity index (χ1v) is 7.95. The first-order chi connectivity index (χ1) is 11.7. The Morgan fingerprint density at radius 2 is 2.21 bits per heavy atom. The Morgan fingerprint density at radius 3 is 3.00 bits per heavy atom. The molecular weight excluding hydrogens is 309 g/mol. The van der Waals surface area contributed by atoms with E-state index in [1.165, 1.54) is 6.07 Å². The van der Waals surface area contributed by atoms with Gasteiger partial charge in [-0.2, -0.15) is 10.1 Å². The molecule has 1 aliphatic heterocycles. The van der Waals surface area contributed by atoms with Crippen molar-refractivity contribution in [1.29, 1.82) is 0 Å². The van der Waals surface area contributed by atoms with Gasteiger partial charge in [0.05, 0.1) is 18.2 Å². The van der Waals surface area contributed by atoms with Gasteiger partial charge in [0.15, 0.2) is 5.82 Å². The van der Waals surface area contributed by atoms with Crippen molar-refractivity contribution in [2.45, 2.75) is 32.5 Å². The summed E-state index contributed by atoms with van der Waals surface area (Å²) in [6.07, 6.45) is 1.80. The third-order valence-electron chi connectivity index (χ3n) is 4.25. The molecular formula is C17H18FN5O. The van der Waals surface area contributed by atoms with Crippen LogP contribution in [0.15, 0.2) is 41.1 Å². The van der Waals surface area contributed by atoms with Crippen molar-refractivity contribution in [3.8, 4) is 0 Å². The number of fused-ring (bicyclic) bond motifs is 1. The van der Waals surface area contributed by atoms with Crippen molar-refractivity contribution >= 4 is 0 Å². The summed E-state index contributed by atoms with van der Waals surface area (Å²) in [4.78, 5) is 6.65. The zero-order valence-corrected chi connectivity index (χ0v) is 13.4. The van der Waals surface area contributed by atoms with Gasteiger partial charge in [-0.25, -0.2) is 4.39 Å². The van der Waals surface area contributed by atoms with Gasteiger partial charge in [-0.15, -0.1) is 0 Å². The van der Waals surface area contributed by atoms with Crippen LogP contribution in [0.3, 0.4) is 0 Å². The molecule has 1 aromatic carbocycles. The van der Waals surface area contributed by atoms with Crippen LogP contribution in [0.25, 0.3) is 0 Å². The highest BCUT2D eigenvalue weighted by Gasteiger charge is 2.27. The smallest absolute Gasteiger partial charge is 0.232 e. The van der Waals surface area contributed by atoms with E-state index in [4.69, 9.17) is 4.52 Å². The maximum absolute atomic E-state index is 13.5. The second kappa shape index (κ2) is 6.16. The molecule has 0 spiro atoms. The van der Waals surface area contributed by atoms with Crippen LogP contribution >= 0.6 is 0 Å². The lowest BCUT2D eigenvalue weighted by Gasteiger charge is -2.22. The molecule has 6 nitrogen and oxygen atoms in total. The normalized spacial score (nSPS) is 18.3. The van der Waals surface area contributed by atoms with Crippen molar-refractivity contribution in [3.05, 3.63) is 65.3 Å². The molecule has 24 heavy (non-hydrogen) atoms. The van der Waals surface area contributed by atoms with E-state index in [2.05, 4.69) is 20.1 Å². The first kappa shape index (κ1) is 15.0. The molecule has 124 valence electrons. The highest BCUT2D eigenvalue weighted by molar-refractivity contribution is 5.17. The summed E-state index contributed by atoms with van der Waals surface area (Å²) < 4.78 is 20.8. The standard InChI is InChI=1S/C17H18FN5O/c1-12-20-17(24-21-12)14-9-22(8-13-3-2-4-15(18)7-13)11-16-5-6-19-23(16)10-14/h2-7,14H,8-11H2,1H3. The summed E-state index contributed by atoms with van der Waals surface area (Å²) in [5.41, 5.74) is 2.08. The van der Waals surface area contributed by atoms with E-state index in [0.29, 0.717) is 24.8 Å². The second-order valence-electron chi connectivity index (χ2n) is 6.18. The van der Waals surface area contributed by atoms with Crippen molar-refractivity contribution in [2.75, 3.05) is 6.54 Å². The summed E-state index contributed by atoms with van der Waals surface area (Å²) in [5.74, 6) is 1.10. The van der Waals surface area contributed by atoms with Gasteiger partial charge in [-0.05, 0) is 30.7 Å². The number of nitrogens with zero attached hydrogens (tertiary/aromatic N) is 5. The zero-order valence-electron chi connectivity index (χ0n) is 13.4. The Hall–Kier alpha value is -2.54. The number of aromatic nitrogens is 4. The molecule has 0 fully saturated rings. The molecule has 1 unspecified atom stereocenters. The van der Waals surface area contributed by atoms with E-state index in [1.807, 2.05) is 23.7 Å². The molecule has 0 aliphatic carbocycles. The largest absolute Gasteiger partial charge is 0.339 e. The Bertz CT molecular complexity index is 843. The summed E-state index contributed by atoms with van der Waals surface area (Å²) in [7, 11) is 0. The number of benzene rings is 1.